The van der Waals surface area contributed by atoms with Crippen LogP contribution in [0.4, 0.5) is 8.78 Å². The summed E-state index contributed by atoms with van der Waals surface area (Å²) in [6.45, 7) is 3.31. The van der Waals surface area contributed by atoms with Crippen molar-refractivity contribution in [2.75, 3.05) is 0 Å². The van der Waals surface area contributed by atoms with Gasteiger partial charge in [0.2, 0.25) is 0 Å². The van der Waals surface area contributed by atoms with E-state index in [9.17, 15) is 8.78 Å². The van der Waals surface area contributed by atoms with Crippen LogP contribution in [0.2, 0.25) is 0 Å². The monoisotopic (exact) mass is 132 g/mol. The number of hydrogen-bond donors (Lipinski definition) is 0. The highest BCUT2D eigenvalue weighted by Gasteiger charge is 2.03. The van der Waals surface area contributed by atoms with Gasteiger partial charge in [-0.15, -0.1) is 0 Å². The molecule has 0 fully saturated rings. The van der Waals surface area contributed by atoms with Gasteiger partial charge in [-0.05, 0) is 13.8 Å². The maximum Gasteiger partial charge on any atom is 0.263 e. The van der Waals surface area contributed by atoms with E-state index in [-0.39, 0.29) is 5.57 Å². The maximum atomic E-state index is 11.8. The molecule has 0 radical (unpaired) electrons. The van der Waals surface area contributed by atoms with Gasteiger partial charge in [-0.2, -0.15) is 0 Å². The largest absolute Gasteiger partial charge is 0.263 e. The second kappa shape index (κ2) is 4.24. The summed E-state index contributed by atoms with van der Waals surface area (Å²) < 4.78 is 23.5. The van der Waals surface area contributed by atoms with Crippen molar-refractivity contribution in [2.24, 2.45) is 0 Å². The third kappa shape index (κ3) is 3.01. The first-order valence-electron chi connectivity index (χ1n) is 2.79. The average molecular weight is 132 g/mol. The van der Waals surface area contributed by atoms with Gasteiger partial charge in [-0.1, -0.05) is 18.2 Å². The fourth-order valence-electron chi connectivity index (χ4n) is 0.487. The third-order valence-corrected chi connectivity index (χ3v) is 0.944. The minimum atomic E-state index is -2.34. The molecular formula is C7H10F2. The summed E-state index contributed by atoms with van der Waals surface area (Å²) in [5.74, 6) is 0. The van der Waals surface area contributed by atoms with Crippen LogP contribution in [0.5, 0.6) is 0 Å². The summed E-state index contributed by atoms with van der Waals surface area (Å²) >= 11 is 0. The Morgan fingerprint density at radius 2 is 1.89 bits per heavy atom. The lowest BCUT2D eigenvalue weighted by Crippen LogP contribution is -1.91. The van der Waals surface area contributed by atoms with Crippen LogP contribution in [0, 0.1) is 0 Å². The van der Waals surface area contributed by atoms with Gasteiger partial charge in [0, 0.05) is 5.57 Å². The lowest BCUT2D eigenvalue weighted by molar-refractivity contribution is 0.194. The van der Waals surface area contributed by atoms with E-state index in [1.165, 1.54) is 12.2 Å². The standard InChI is InChI=1S/C7H10F2/c1-3-5-6(4-2)7(8)9/h3-5,7H,1-2H3/b5-3-,6-4+. The zero-order valence-electron chi connectivity index (χ0n) is 5.57. The molecule has 0 atom stereocenters. The number of hydrogen-bond acceptors (Lipinski definition) is 0. The van der Waals surface area contributed by atoms with Crippen LogP contribution in [0.1, 0.15) is 13.8 Å². The van der Waals surface area contributed by atoms with Gasteiger partial charge in [0.15, 0.2) is 0 Å². The number of halogens is 2. The van der Waals surface area contributed by atoms with Crippen molar-refractivity contribution >= 4 is 0 Å². The summed E-state index contributed by atoms with van der Waals surface area (Å²) in [6.07, 6.45) is 2.07. The molecule has 0 bridgehead atoms. The normalized spacial score (nSPS) is 13.7. The molecule has 2 heteroatoms. The van der Waals surface area contributed by atoms with Crippen LogP contribution in [0.3, 0.4) is 0 Å². The number of rotatable bonds is 2. The number of alkyl halides is 2. The van der Waals surface area contributed by atoms with Crippen molar-refractivity contribution in [1.29, 1.82) is 0 Å². The highest BCUT2D eigenvalue weighted by molar-refractivity contribution is 5.19. The van der Waals surface area contributed by atoms with E-state index < -0.39 is 6.43 Å². The number of allylic oxidation sites excluding steroid dienone is 4. The highest BCUT2D eigenvalue weighted by atomic mass is 19.3. The lowest BCUT2D eigenvalue weighted by Gasteiger charge is -1.95. The Bertz CT molecular complexity index is 123. The predicted octanol–water partition coefficient (Wildman–Crippen LogP) is 2.77. The third-order valence-electron chi connectivity index (χ3n) is 0.944. The summed E-state index contributed by atoms with van der Waals surface area (Å²) in [6, 6.07) is 0. The zero-order valence-corrected chi connectivity index (χ0v) is 5.57. The summed E-state index contributed by atoms with van der Waals surface area (Å²) in [5.41, 5.74) is 0.0810. The Balaban J connectivity index is 4.01. The molecule has 0 aromatic rings. The second-order valence-electron chi connectivity index (χ2n) is 1.59. The first-order valence-corrected chi connectivity index (χ1v) is 2.79. The molecule has 0 amide bonds. The Labute approximate surface area is 53.9 Å². The molecule has 9 heavy (non-hydrogen) atoms. The molecule has 52 valence electrons. The minimum Gasteiger partial charge on any atom is -0.205 e. The van der Waals surface area contributed by atoms with Crippen molar-refractivity contribution in [3.8, 4) is 0 Å². The molecule has 0 heterocycles. The fraction of sp³-hybridized carbons (Fsp3) is 0.429. The van der Waals surface area contributed by atoms with Gasteiger partial charge >= 0.3 is 0 Å². The van der Waals surface area contributed by atoms with Crippen LogP contribution >= 0.6 is 0 Å². The van der Waals surface area contributed by atoms with E-state index in [1.807, 2.05) is 0 Å². The SMILES string of the molecule is C/C=C\C(=C/C)C(F)F. The zero-order chi connectivity index (χ0) is 7.28. The van der Waals surface area contributed by atoms with Crippen molar-refractivity contribution in [3.05, 3.63) is 23.8 Å². The summed E-state index contributed by atoms with van der Waals surface area (Å²) in [5, 5.41) is 0. The quantitative estimate of drug-likeness (QED) is 0.507. The predicted molar refractivity (Wildman–Crippen MR) is 34.6 cm³/mol. The van der Waals surface area contributed by atoms with E-state index in [1.54, 1.807) is 19.9 Å². The van der Waals surface area contributed by atoms with E-state index in [0.717, 1.165) is 0 Å². The van der Waals surface area contributed by atoms with Gasteiger partial charge in [-0.25, -0.2) is 8.78 Å². The average Bonchev–Trinajstić information content (AvgIpc) is 1.82. The topological polar surface area (TPSA) is 0 Å². The Kier molecular flexibility index (Phi) is 3.93. The molecule has 0 aromatic heterocycles. The van der Waals surface area contributed by atoms with Crippen molar-refractivity contribution in [3.63, 3.8) is 0 Å². The molecule has 0 nitrogen and oxygen atoms in total. The second-order valence-corrected chi connectivity index (χ2v) is 1.59. The van der Waals surface area contributed by atoms with Gasteiger partial charge in [-0.3, -0.25) is 0 Å². The van der Waals surface area contributed by atoms with Crippen molar-refractivity contribution < 1.29 is 8.78 Å². The van der Waals surface area contributed by atoms with Crippen LogP contribution in [0.15, 0.2) is 23.8 Å². The molecule has 0 aliphatic carbocycles. The Morgan fingerprint density at radius 3 is 2.00 bits per heavy atom. The highest BCUT2D eigenvalue weighted by Crippen LogP contribution is 2.08. The minimum absolute atomic E-state index is 0.0810. The van der Waals surface area contributed by atoms with E-state index in [0.29, 0.717) is 0 Å². The Morgan fingerprint density at radius 1 is 1.33 bits per heavy atom. The molecule has 0 rings (SSSR count). The van der Waals surface area contributed by atoms with Gasteiger partial charge < -0.3 is 0 Å². The van der Waals surface area contributed by atoms with E-state index >= 15 is 0 Å². The maximum absolute atomic E-state index is 11.8. The first kappa shape index (κ1) is 8.34. The lowest BCUT2D eigenvalue weighted by atomic mass is 10.2. The molecule has 0 aliphatic heterocycles. The molecule has 0 spiro atoms. The fourth-order valence-corrected chi connectivity index (χ4v) is 0.487. The van der Waals surface area contributed by atoms with E-state index in [2.05, 4.69) is 0 Å². The van der Waals surface area contributed by atoms with E-state index in [4.69, 9.17) is 0 Å². The Hall–Kier alpha value is -0.660. The van der Waals surface area contributed by atoms with Gasteiger partial charge in [0.25, 0.3) is 6.43 Å². The van der Waals surface area contributed by atoms with Crippen LogP contribution < -0.4 is 0 Å². The smallest absolute Gasteiger partial charge is 0.205 e. The molecule has 0 saturated heterocycles. The molecule has 0 N–H and O–H groups in total. The molecule has 0 saturated carbocycles. The summed E-state index contributed by atoms with van der Waals surface area (Å²) in [4.78, 5) is 0. The van der Waals surface area contributed by atoms with Crippen LogP contribution in [0.25, 0.3) is 0 Å². The first-order chi connectivity index (χ1) is 4.22. The molecule has 0 unspecified atom stereocenters. The summed E-state index contributed by atoms with van der Waals surface area (Å²) in [7, 11) is 0. The van der Waals surface area contributed by atoms with Crippen LogP contribution in [-0.4, -0.2) is 6.43 Å². The van der Waals surface area contributed by atoms with Crippen molar-refractivity contribution in [1.82, 2.24) is 0 Å². The molecule has 0 aromatic carbocycles. The van der Waals surface area contributed by atoms with Gasteiger partial charge in [0.1, 0.15) is 0 Å². The molecular weight excluding hydrogens is 122 g/mol. The molecule has 0 aliphatic rings. The van der Waals surface area contributed by atoms with Crippen molar-refractivity contribution in [2.45, 2.75) is 20.3 Å². The van der Waals surface area contributed by atoms with Crippen LogP contribution in [-0.2, 0) is 0 Å². The van der Waals surface area contributed by atoms with Gasteiger partial charge in [0.05, 0.1) is 0 Å².